The van der Waals surface area contributed by atoms with Crippen LogP contribution in [0.2, 0.25) is 0 Å². The number of ether oxygens (including phenoxy) is 1. The molecule has 0 atom stereocenters. The molecule has 0 bridgehead atoms. The highest BCUT2D eigenvalue weighted by Crippen LogP contribution is 2.20. The maximum absolute atomic E-state index is 11.8. The van der Waals surface area contributed by atoms with Gasteiger partial charge in [-0.2, -0.15) is 0 Å². The van der Waals surface area contributed by atoms with Crippen LogP contribution in [0.25, 0.3) is 0 Å². The van der Waals surface area contributed by atoms with Gasteiger partial charge in [0.05, 0.1) is 6.54 Å². The van der Waals surface area contributed by atoms with E-state index in [0.717, 1.165) is 15.6 Å². The lowest BCUT2D eigenvalue weighted by Gasteiger charge is -2.09. The van der Waals surface area contributed by atoms with Crippen molar-refractivity contribution in [2.45, 2.75) is 13.8 Å². The lowest BCUT2D eigenvalue weighted by atomic mass is 10.2. The molecular formula is C18H19BrN2O3. The van der Waals surface area contributed by atoms with Gasteiger partial charge in [0, 0.05) is 10.2 Å². The van der Waals surface area contributed by atoms with Gasteiger partial charge in [-0.25, -0.2) is 0 Å². The molecule has 2 N–H and O–H groups in total. The van der Waals surface area contributed by atoms with Crippen LogP contribution in [0.1, 0.15) is 11.1 Å². The summed E-state index contributed by atoms with van der Waals surface area (Å²) < 4.78 is 6.27. The predicted octanol–water partition coefficient (Wildman–Crippen LogP) is 3.20. The lowest BCUT2D eigenvalue weighted by molar-refractivity contribution is -0.125. The van der Waals surface area contributed by atoms with Crippen LogP contribution in [0.3, 0.4) is 0 Å². The fourth-order valence-electron chi connectivity index (χ4n) is 1.89. The minimum Gasteiger partial charge on any atom is -0.484 e. The standard InChI is InChI=1S/C18H19BrN2O3/c1-12-3-7-15(8-4-12)24-11-18(23)20-10-17(22)21-14-6-5-13(2)16(19)9-14/h3-9H,10-11H2,1-2H3,(H,20,23)(H,21,22). The van der Waals surface area contributed by atoms with Gasteiger partial charge in [0.15, 0.2) is 6.61 Å². The van der Waals surface area contributed by atoms with Gasteiger partial charge in [0.1, 0.15) is 5.75 Å². The van der Waals surface area contributed by atoms with Gasteiger partial charge < -0.3 is 15.4 Å². The SMILES string of the molecule is Cc1ccc(OCC(=O)NCC(=O)Nc2ccc(C)c(Br)c2)cc1. The van der Waals surface area contributed by atoms with Crippen molar-refractivity contribution in [1.82, 2.24) is 5.32 Å². The number of carbonyl (C=O) groups is 2. The second-order valence-electron chi connectivity index (χ2n) is 5.39. The summed E-state index contributed by atoms with van der Waals surface area (Å²) in [5, 5.41) is 5.24. The number of hydrogen-bond donors (Lipinski definition) is 2. The minimum atomic E-state index is -0.351. The first kappa shape index (κ1) is 18.0. The third kappa shape index (κ3) is 5.70. The molecule has 5 nitrogen and oxygen atoms in total. The Morgan fingerprint density at radius 1 is 1.04 bits per heavy atom. The van der Waals surface area contributed by atoms with Crippen LogP contribution in [0.4, 0.5) is 5.69 Å². The highest BCUT2D eigenvalue weighted by molar-refractivity contribution is 9.10. The normalized spacial score (nSPS) is 10.1. The number of halogens is 1. The fraction of sp³-hybridized carbons (Fsp3) is 0.222. The van der Waals surface area contributed by atoms with E-state index in [-0.39, 0.29) is 25.0 Å². The van der Waals surface area contributed by atoms with Crippen molar-refractivity contribution in [1.29, 1.82) is 0 Å². The van der Waals surface area contributed by atoms with E-state index in [0.29, 0.717) is 11.4 Å². The van der Waals surface area contributed by atoms with E-state index in [1.165, 1.54) is 0 Å². The molecule has 0 heterocycles. The first-order chi connectivity index (χ1) is 11.4. The topological polar surface area (TPSA) is 67.4 Å². The summed E-state index contributed by atoms with van der Waals surface area (Å²) in [6.45, 7) is 3.69. The molecule has 2 amide bonds. The molecule has 2 aromatic rings. The zero-order valence-electron chi connectivity index (χ0n) is 13.6. The Kier molecular flexibility index (Phi) is 6.37. The number of nitrogens with one attached hydrogen (secondary N) is 2. The molecule has 2 rings (SSSR count). The lowest BCUT2D eigenvalue weighted by Crippen LogP contribution is -2.35. The summed E-state index contributed by atoms with van der Waals surface area (Å²) in [5.41, 5.74) is 2.86. The quantitative estimate of drug-likeness (QED) is 0.795. The van der Waals surface area contributed by atoms with E-state index in [9.17, 15) is 9.59 Å². The summed E-state index contributed by atoms with van der Waals surface area (Å²) in [4.78, 5) is 23.6. The largest absolute Gasteiger partial charge is 0.484 e. The summed E-state index contributed by atoms with van der Waals surface area (Å²) in [7, 11) is 0. The van der Waals surface area contributed by atoms with Gasteiger partial charge in [-0.05, 0) is 43.7 Å². The molecule has 0 aliphatic carbocycles. The molecule has 0 radical (unpaired) electrons. The number of benzene rings is 2. The molecule has 0 aliphatic heterocycles. The van der Waals surface area contributed by atoms with Crippen molar-refractivity contribution >= 4 is 33.4 Å². The van der Waals surface area contributed by atoms with Crippen molar-refractivity contribution in [2.75, 3.05) is 18.5 Å². The summed E-state index contributed by atoms with van der Waals surface area (Å²) in [6, 6.07) is 12.9. The number of rotatable bonds is 6. The zero-order valence-corrected chi connectivity index (χ0v) is 15.1. The monoisotopic (exact) mass is 390 g/mol. The fourth-order valence-corrected chi connectivity index (χ4v) is 2.27. The van der Waals surface area contributed by atoms with Crippen LogP contribution < -0.4 is 15.4 Å². The van der Waals surface area contributed by atoms with E-state index in [4.69, 9.17) is 4.74 Å². The number of carbonyl (C=O) groups excluding carboxylic acids is 2. The molecule has 0 aliphatic rings. The predicted molar refractivity (Wildman–Crippen MR) is 97.2 cm³/mol. The van der Waals surface area contributed by atoms with Crippen LogP contribution in [-0.4, -0.2) is 25.0 Å². The van der Waals surface area contributed by atoms with Crippen molar-refractivity contribution in [3.8, 4) is 5.75 Å². The first-order valence-electron chi connectivity index (χ1n) is 7.46. The minimum absolute atomic E-state index is 0.110. The van der Waals surface area contributed by atoms with Crippen LogP contribution in [0.15, 0.2) is 46.9 Å². The average molecular weight is 391 g/mol. The van der Waals surface area contributed by atoms with Crippen LogP contribution in [0, 0.1) is 13.8 Å². The molecule has 2 aromatic carbocycles. The molecule has 0 saturated heterocycles. The van der Waals surface area contributed by atoms with Crippen molar-refractivity contribution in [3.63, 3.8) is 0 Å². The van der Waals surface area contributed by atoms with E-state index in [1.54, 1.807) is 18.2 Å². The van der Waals surface area contributed by atoms with Gasteiger partial charge in [-0.15, -0.1) is 0 Å². The molecule has 0 aromatic heterocycles. The third-order valence-electron chi connectivity index (χ3n) is 3.29. The molecule has 0 spiro atoms. The van der Waals surface area contributed by atoms with Crippen molar-refractivity contribution in [3.05, 3.63) is 58.1 Å². The first-order valence-corrected chi connectivity index (χ1v) is 8.25. The number of hydrogen-bond acceptors (Lipinski definition) is 3. The average Bonchev–Trinajstić information content (AvgIpc) is 2.56. The van der Waals surface area contributed by atoms with E-state index in [2.05, 4.69) is 26.6 Å². The molecule has 6 heteroatoms. The highest BCUT2D eigenvalue weighted by Gasteiger charge is 2.07. The van der Waals surface area contributed by atoms with Gasteiger partial charge >= 0.3 is 0 Å². The Balaban J connectivity index is 1.73. The third-order valence-corrected chi connectivity index (χ3v) is 4.15. The second-order valence-corrected chi connectivity index (χ2v) is 6.24. The van der Waals surface area contributed by atoms with Crippen molar-refractivity contribution in [2.24, 2.45) is 0 Å². The molecule has 24 heavy (non-hydrogen) atoms. The number of anilines is 1. The number of amides is 2. The van der Waals surface area contributed by atoms with Gasteiger partial charge in [0.2, 0.25) is 5.91 Å². The van der Waals surface area contributed by atoms with Crippen LogP contribution >= 0.6 is 15.9 Å². The highest BCUT2D eigenvalue weighted by atomic mass is 79.9. The zero-order chi connectivity index (χ0) is 17.5. The Morgan fingerprint density at radius 2 is 1.75 bits per heavy atom. The Labute approximate surface area is 149 Å². The van der Waals surface area contributed by atoms with E-state index >= 15 is 0 Å². The smallest absolute Gasteiger partial charge is 0.258 e. The Morgan fingerprint density at radius 3 is 2.42 bits per heavy atom. The number of aryl methyl sites for hydroxylation is 2. The van der Waals surface area contributed by atoms with E-state index in [1.807, 2.05) is 38.1 Å². The molecule has 0 unspecified atom stereocenters. The summed E-state index contributed by atoms with van der Waals surface area (Å²) in [6.07, 6.45) is 0. The maximum atomic E-state index is 11.8. The molecular weight excluding hydrogens is 372 g/mol. The van der Waals surface area contributed by atoms with Crippen LogP contribution in [-0.2, 0) is 9.59 Å². The molecule has 0 fully saturated rings. The van der Waals surface area contributed by atoms with Crippen LogP contribution in [0.5, 0.6) is 5.75 Å². The van der Waals surface area contributed by atoms with Crippen molar-refractivity contribution < 1.29 is 14.3 Å². The summed E-state index contributed by atoms with van der Waals surface area (Å²) >= 11 is 3.41. The Hall–Kier alpha value is -2.34. The molecule has 126 valence electrons. The Bertz CT molecular complexity index is 730. The van der Waals surface area contributed by atoms with E-state index < -0.39 is 0 Å². The van der Waals surface area contributed by atoms with Gasteiger partial charge in [0.25, 0.3) is 5.91 Å². The van der Waals surface area contributed by atoms with Gasteiger partial charge in [-0.1, -0.05) is 39.7 Å². The maximum Gasteiger partial charge on any atom is 0.258 e. The summed E-state index contributed by atoms with van der Waals surface area (Å²) in [5.74, 6) is -0.0324. The second kappa shape index (κ2) is 8.49. The van der Waals surface area contributed by atoms with Gasteiger partial charge in [-0.3, -0.25) is 9.59 Å². The molecule has 0 saturated carbocycles.